The maximum Gasteiger partial charge on any atom is 0.243 e. The predicted molar refractivity (Wildman–Crippen MR) is 98.1 cm³/mol. The van der Waals surface area contributed by atoms with Gasteiger partial charge in [0.1, 0.15) is 6.04 Å². The van der Waals surface area contributed by atoms with Crippen molar-refractivity contribution in [2.75, 3.05) is 0 Å². The molecule has 0 saturated carbocycles. The number of hydrogen-bond donors (Lipinski definition) is 2. The number of carbonyl (C=O) groups excluding carboxylic acids is 2. The highest BCUT2D eigenvalue weighted by Gasteiger charge is 2.46. The zero-order valence-electron chi connectivity index (χ0n) is 15.6. The van der Waals surface area contributed by atoms with Gasteiger partial charge in [0.2, 0.25) is 11.8 Å². The van der Waals surface area contributed by atoms with Crippen LogP contribution in [0.1, 0.15) is 57.7 Å². The molecule has 136 valence electrons. The Bertz CT molecular complexity index is 656. The van der Waals surface area contributed by atoms with Gasteiger partial charge in [0.25, 0.3) is 0 Å². The van der Waals surface area contributed by atoms with Crippen molar-refractivity contribution in [2.45, 2.75) is 77.2 Å². The number of rotatable bonds is 4. The molecule has 1 aromatic carbocycles. The summed E-state index contributed by atoms with van der Waals surface area (Å²) in [7, 11) is 0. The lowest BCUT2D eigenvalue weighted by molar-refractivity contribution is -0.142. The topological polar surface area (TPSA) is 61.4 Å². The zero-order valence-corrected chi connectivity index (χ0v) is 15.6. The number of fused-ring (bicyclic) bond motifs is 3. The Balaban J connectivity index is 1.97. The van der Waals surface area contributed by atoms with Crippen molar-refractivity contribution in [2.24, 2.45) is 0 Å². The van der Waals surface area contributed by atoms with E-state index in [4.69, 9.17) is 0 Å². The molecule has 0 aliphatic carbocycles. The summed E-state index contributed by atoms with van der Waals surface area (Å²) in [6, 6.07) is 7.92. The second-order valence-electron chi connectivity index (χ2n) is 7.79. The van der Waals surface area contributed by atoms with Gasteiger partial charge in [-0.15, -0.1) is 0 Å². The molecule has 5 heteroatoms. The Morgan fingerprint density at radius 3 is 2.52 bits per heavy atom. The number of hydrogen-bond acceptors (Lipinski definition) is 3. The fourth-order valence-corrected chi connectivity index (χ4v) is 4.13. The summed E-state index contributed by atoms with van der Waals surface area (Å²) in [5.41, 5.74) is 2.41. The van der Waals surface area contributed by atoms with Gasteiger partial charge in [-0.3, -0.25) is 9.59 Å². The number of nitrogens with zero attached hydrogens (tertiary/aromatic N) is 1. The van der Waals surface area contributed by atoms with E-state index in [0.29, 0.717) is 6.42 Å². The fourth-order valence-electron chi connectivity index (χ4n) is 4.13. The molecule has 2 heterocycles. The van der Waals surface area contributed by atoms with Gasteiger partial charge in [0, 0.05) is 12.1 Å². The van der Waals surface area contributed by atoms with Crippen molar-refractivity contribution in [1.82, 2.24) is 15.5 Å². The summed E-state index contributed by atoms with van der Waals surface area (Å²) < 4.78 is 0. The first-order valence-corrected chi connectivity index (χ1v) is 9.35. The SMILES string of the molecule is CC(C)NC(=O)[C@@H]1CC[C@H]2c3ccccc3C[C@@H](NC(C)C)C(=O)N12. The molecule has 2 N–H and O–H groups in total. The average Bonchev–Trinajstić information content (AvgIpc) is 2.93. The van der Waals surface area contributed by atoms with E-state index in [1.807, 2.05) is 30.9 Å². The van der Waals surface area contributed by atoms with Crippen LogP contribution in [0.2, 0.25) is 0 Å². The van der Waals surface area contributed by atoms with Crippen LogP contribution in [0, 0.1) is 0 Å². The first-order chi connectivity index (χ1) is 11.9. The number of benzene rings is 1. The first-order valence-electron chi connectivity index (χ1n) is 9.35. The number of carbonyl (C=O) groups is 2. The van der Waals surface area contributed by atoms with E-state index in [0.717, 1.165) is 12.8 Å². The molecule has 3 atom stereocenters. The van der Waals surface area contributed by atoms with Gasteiger partial charge >= 0.3 is 0 Å². The second-order valence-corrected chi connectivity index (χ2v) is 7.79. The lowest BCUT2D eigenvalue weighted by Gasteiger charge is -2.32. The third-order valence-electron chi connectivity index (χ3n) is 5.04. The van der Waals surface area contributed by atoms with Gasteiger partial charge < -0.3 is 15.5 Å². The van der Waals surface area contributed by atoms with Gasteiger partial charge in [-0.05, 0) is 44.2 Å². The molecule has 2 aliphatic heterocycles. The molecule has 0 spiro atoms. The van der Waals surface area contributed by atoms with E-state index in [9.17, 15) is 9.59 Å². The van der Waals surface area contributed by atoms with E-state index in [1.165, 1.54) is 11.1 Å². The highest BCUT2D eigenvalue weighted by Crippen LogP contribution is 2.40. The number of nitrogens with one attached hydrogen (secondary N) is 2. The molecule has 0 bridgehead atoms. The molecule has 5 nitrogen and oxygen atoms in total. The summed E-state index contributed by atoms with van der Waals surface area (Å²) in [6.07, 6.45) is 2.24. The maximum atomic E-state index is 13.3. The van der Waals surface area contributed by atoms with Crippen LogP contribution in [-0.4, -0.2) is 40.9 Å². The monoisotopic (exact) mass is 343 g/mol. The van der Waals surface area contributed by atoms with Crippen molar-refractivity contribution in [3.63, 3.8) is 0 Å². The summed E-state index contributed by atoms with van der Waals surface area (Å²) in [4.78, 5) is 27.8. The molecular weight excluding hydrogens is 314 g/mol. The second kappa shape index (κ2) is 7.16. The van der Waals surface area contributed by atoms with Gasteiger partial charge in [0.05, 0.1) is 12.1 Å². The minimum Gasteiger partial charge on any atom is -0.352 e. The lowest BCUT2D eigenvalue weighted by Crippen LogP contribution is -2.54. The molecule has 0 unspecified atom stereocenters. The lowest BCUT2D eigenvalue weighted by atomic mass is 9.96. The molecule has 2 amide bonds. The predicted octanol–water partition coefficient (Wildman–Crippen LogP) is 2.17. The van der Waals surface area contributed by atoms with Gasteiger partial charge in [-0.2, -0.15) is 0 Å². The molecule has 1 saturated heterocycles. The summed E-state index contributed by atoms with van der Waals surface area (Å²) >= 11 is 0. The van der Waals surface area contributed by atoms with E-state index in [-0.39, 0.29) is 42.0 Å². The highest BCUT2D eigenvalue weighted by atomic mass is 16.2. The van der Waals surface area contributed by atoms with Crippen LogP contribution in [0.5, 0.6) is 0 Å². The van der Waals surface area contributed by atoms with Crippen molar-refractivity contribution >= 4 is 11.8 Å². The summed E-state index contributed by atoms with van der Waals surface area (Å²) in [5.74, 6) is 0.0184. The molecule has 0 radical (unpaired) electrons. The van der Waals surface area contributed by atoms with Crippen LogP contribution < -0.4 is 10.6 Å². The molecular formula is C20H29N3O2. The number of amides is 2. The normalized spacial score (nSPS) is 25.8. The maximum absolute atomic E-state index is 13.3. The van der Waals surface area contributed by atoms with Crippen LogP contribution in [-0.2, 0) is 16.0 Å². The molecule has 1 fully saturated rings. The third kappa shape index (κ3) is 3.56. The molecule has 3 rings (SSSR count). The Kier molecular flexibility index (Phi) is 5.13. The highest BCUT2D eigenvalue weighted by molar-refractivity contribution is 5.91. The zero-order chi connectivity index (χ0) is 18.1. The Labute approximate surface area is 150 Å². The fraction of sp³-hybridized carbons (Fsp3) is 0.600. The van der Waals surface area contributed by atoms with Crippen LogP contribution >= 0.6 is 0 Å². The van der Waals surface area contributed by atoms with E-state index < -0.39 is 0 Å². The molecule has 1 aromatic rings. The minimum atomic E-state index is -0.373. The standard InChI is InChI=1S/C20H29N3O2/c1-12(2)21-16-11-14-7-5-6-8-15(14)17-9-10-18(23(17)20(16)25)19(24)22-13(3)4/h5-8,12-13,16-18,21H,9-11H2,1-4H3,(H,22,24)/t16-,17+,18+/m1/s1. The van der Waals surface area contributed by atoms with Gasteiger partial charge in [-0.25, -0.2) is 0 Å². The van der Waals surface area contributed by atoms with Crippen molar-refractivity contribution in [3.05, 3.63) is 35.4 Å². The van der Waals surface area contributed by atoms with Crippen molar-refractivity contribution in [3.8, 4) is 0 Å². The third-order valence-corrected chi connectivity index (χ3v) is 5.04. The van der Waals surface area contributed by atoms with Crippen LogP contribution in [0.3, 0.4) is 0 Å². The van der Waals surface area contributed by atoms with Gasteiger partial charge in [-0.1, -0.05) is 38.1 Å². The Hall–Kier alpha value is -1.88. The molecule has 0 aromatic heterocycles. The Morgan fingerprint density at radius 1 is 1.12 bits per heavy atom. The van der Waals surface area contributed by atoms with E-state index in [2.05, 4.69) is 36.6 Å². The summed E-state index contributed by atoms with van der Waals surface area (Å²) in [6.45, 7) is 8.00. The van der Waals surface area contributed by atoms with Crippen LogP contribution in [0.25, 0.3) is 0 Å². The summed E-state index contributed by atoms with van der Waals surface area (Å²) in [5, 5.41) is 6.39. The van der Waals surface area contributed by atoms with Crippen molar-refractivity contribution in [1.29, 1.82) is 0 Å². The van der Waals surface area contributed by atoms with E-state index >= 15 is 0 Å². The van der Waals surface area contributed by atoms with Gasteiger partial charge in [0.15, 0.2) is 0 Å². The average molecular weight is 343 g/mol. The molecule has 2 aliphatic rings. The largest absolute Gasteiger partial charge is 0.352 e. The molecule has 25 heavy (non-hydrogen) atoms. The first kappa shape index (κ1) is 17.9. The minimum absolute atomic E-state index is 0.00516. The van der Waals surface area contributed by atoms with E-state index in [1.54, 1.807) is 0 Å². The van der Waals surface area contributed by atoms with Crippen molar-refractivity contribution < 1.29 is 9.59 Å². The van der Waals surface area contributed by atoms with Crippen LogP contribution in [0.15, 0.2) is 24.3 Å². The quantitative estimate of drug-likeness (QED) is 0.881. The Morgan fingerprint density at radius 2 is 1.84 bits per heavy atom. The van der Waals surface area contributed by atoms with Crippen LogP contribution in [0.4, 0.5) is 0 Å². The smallest absolute Gasteiger partial charge is 0.243 e.